The highest BCUT2D eigenvalue weighted by atomic mass is 16.5. The molecule has 0 saturated carbocycles. The molecule has 4 nitrogen and oxygen atoms in total. The van der Waals surface area contributed by atoms with Crippen molar-refractivity contribution in [3.63, 3.8) is 0 Å². The summed E-state index contributed by atoms with van der Waals surface area (Å²) in [6.45, 7) is 5.40. The van der Waals surface area contributed by atoms with Gasteiger partial charge < -0.3 is 9.84 Å². The van der Waals surface area contributed by atoms with E-state index in [1.807, 2.05) is 13.8 Å². The number of allylic oxidation sites excluding steroid dienone is 3. The Bertz CT molecular complexity index is 469. The standard InChI is InChI=1S/C15H20O4/c1-11(9-13(17)19-4)5-7-15(18)8-6-12(16)10-14(15,2)3/h5-9,18H,10H2,1-4H3/b7-5+,11-9-. The van der Waals surface area contributed by atoms with Crippen LogP contribution in [0.4, 0.5) is 0 Å². The molecule has 4 heteroatoms. The molecule has 1 N–H and O–H groups in total. The molecular weight excluding hydrogens is 244 g/mol. The van der Waals surface area contributed by atoms with Gasteiger partial charge in [-0.3, -0.25) is 4.79 Å². The molecule has 1 aliphatic rings. The molecule has 104 valence electrons. The minimum Gasteiger partial charge on any atom is -0.466 e. The number of hydrogen-bond donors (Lipinski definition) is 1. The van der Waals surface area contributed by atoms with Crippen molar-refractivity contribution in [3.05, 3.63) is 36.0 Å². The number of rotatable bonds is 3. The lowest BCUT2D eigenvalue weighted by molar-refractivity contribution is -0.134. The van der Waals surface area contributed by atoms with E-state index in [9.17, 15) is 14.7 Å². The monoisotopic (exact) mass is 264 g/mol. The quantitative estimate of drug-likeness (QED) is 0.481. The van der Waals surface area contributed by atoms with Crippen LogP contribution in [0.2, 0.25) is 0 Å². The third-order valence-electron chi connectivity index (χ3n) is 3.37. The number of carbonyl (C=O) groups is 2. The van der Waals surface area contributed by atoms with E-state index in [1.54, 1.807) is 19.1 Å². The predicted molar refractivity (Wildman–Crippen MR) is 72.4 cm³/mol. The van der Waals surface area contributed by atoms with Gasteiger partial charge in [-0.05, 0) is 30.7 Å². The predicted octanol–water partition coefficient (Wildman–Crippen LogP) is 1.95. The molecule has 0 aromatic rings. The third-order valence-corrected chi connectivity index (χ3v) is 3.37. The van der Waals surface area contributed by atoms with Crippen molar-refractivity contribution < 1.29 is 19.4 Å². The molecule has 0 aliphatic heterocycles. The van der Waals surface area contributed by atoms with E-state index < -0.39 is 17.0 Å². The van der Waals surface area contributed by atoms with Crippen LogP contribution >= 0.6 is 0 Å². The molecular formula is C15H20O4. The number of aliphatic hydroxyl groups is 1. The van der Waals surface area contributed by atoms with Gasteiger partial charge >= 0.3 is 5.97 Å². The van der Waals surface area contributed by atoms with E-state index in [0.29, 0.717) is 5.57 Å². The first-order valence-electron chi connectivity index (χ1n) is 6.10. The van der Waals surface area contributed by atoms with Crippen molar-refractivity contribution in [1.82, 2.24) is 0 Å². The van der Waals surface area contributed by atoms with Crippen LogP contribution < -0.4 is 0 Å². The van der Waals surface area contributed by atoms with Crippen LogP contribution in [0.5, 0.6) is 0 Å². The van der Waals surface area contributed by atoms with Gasteiger partial charge in [0.1, 0.15) is 5.60 Å². The minimum atomic E-state index is -1.20. The van der Waals surface area contributed by atoms with Crippen LogP contribution in [0.3, 0.4) is 0 Å². The minimum absolute atomic E-state index is 0.00454. The molecule has 0 amide bonds. The summed E-state index contributed by atoms with van der Waals surface area (Å²) in [7, 11) is 1.31. The first kappa shape index (κ1) is 15.4. The Kier molecular flexibility index (Phi) is 4.48. The maximum absolute atomic E-state index is 11.4. The van der Waals surface area contributed by atoms with Gasteiger partial charge in [-0.15, -0.1) is 0 Å². The van der Waals surface area contributed by atoms with Crippen molar-refractivity contribution in [1.29, 1.82) is 0 Å². The smallest absolute Gasteiger partial charge is 0.330 e. The molecule has 1 aliphatic carbocycles. The molecule has 0 fully saturated rings. The Labute approximate surface area is 113 Å². The Morgan fingerprint density at radius 2 is 2.11 bits per heavy atom. The average molecular weight is 264 g/mol. The zero-order chi connectivity index (χ0) is 14.7. The molecule has 19 heavy (non-hydrogen) atoms. The van der Waals surface area contributed by atoms with Crippen LogP contribution in [-0.4, -0.2) is 29.6 Å². The summed E-state index contributed by atoms with van der Waals surface area (Å²) in [6, 6.07) is 0. The topological polar surface area (TPSA) is 63.6 Å². The number of carbonyl (C=O) groups excluding carboxylic acids is 2. The molecule has 1 rings (SSSR count). The lowest BCUT2D eigenvalue weighted by Gasteiger charge is -2.40. The first-order chi connectivity index (χ1) is 8.70. The molecule has 1 unspecified atom stereocenters. The van der Waals surface area contributed by atoms with Crippen molar-refractivity contribution in [3.8, 4) is 0 Å². The number of ketones is 1. The average Bonchev–Trinajstić information content (AvgIpc) is 2.31. The second-order valence-corrected chi connectivity index (χ2v) is 5.43. The summed E-state index contributed by atoms with van der Waals surface area (Å²) in [5.74, 6) is -0.437. The van der Waals surface area contributed by atoms with Gasteiger partial charge in [0.25, 0.3) is 0 Å². The second-order valence-electron chi connectivity index (χ2n) is 5.43. The highest BCUT2D eigenvalue weighted by Crippen LogP contribution is 2.40. The Morgan fingerprint density at radius 1 is 1.47 bits per heavy atom. The fraction of sp³-hybridized carbons (Fsp3) is 0.467. The summed E-state index contributed by atoms with van der Waals surface area (Å²) < 4.78 is 4.52. The maximum Gasteiger partial charge on any atom is 0.330 e. The van der Waals surface area contributed by atoms with Crippen LogP contribution in [0.15, 0.2) is 36.0 Å². The number of esters is 1. The Balaban J connectivity index is 2.96. The van der Waals surface area contributed by atoms with E-state index in [0.717, 1.165) is 0 Å². The SMILES string of the molecule is COC(=O)/C=C(C)\C=C\C1(O)C=CC(=O)CC1(C)C. The Hall–Kier alpha value is -1.68. The number of ether oxygens (including phenoxy) is 1. The summed E-state index contributed by atoms with van der Waals surface area (Å²) in [5.41, 5.74) is -1.12. The van der Waals surface area contributed by atoms with Crippen molar-refractivity contribution in [2.75, 3.05) is 7.11 Å². The zero-order valence-corrected chi connectivity index (χ0v) is 11.8. The van der Waals surface area contributed by atoms with E-state index in [4.69, 9.17) is 0 Å². The van der Waals surface area contributed by atoms with E-state index in [1.165, 1.54) is 25.3 Å². The van der Waals surface area contributed by atoms with Gasteiger partial charge in [0.05, 0.1) is 7.11 Å². The summed E-state index contributed by atoms with van der Waals surface area (Å²) in [5, 5.41) is 10.6. The zero-order valence-electron chi connectivity index (χ0n) is 11.8. The molecule has 1 atom stereocenters. The molecule has 0 aromatic carbocycles. The Morgan fingerprint density at radius 3 is 2.63 bits per heavy atom. The van der Waals surface area contributed by atoms with Gasteiger partial charge in [-0.1, -0.05) is 19.9 Å². The van der Waals surface area contributed by atoms with Crippen LogP contribution in [0.1, 0.15) is 27.2 Å². The second kappa shape index (κ2) is 5.53. The fourth-order valence-electron chi connectivity index (χ4n) is 1.91. The van der Waals surface area contributed by atoms with Gasteiger partial charge in [0.15, 0.2) is 5.78 Å². The summed E-state index contributed by atoms with van der Waals surface area (Å²) in [4.78, 5) is 22.5. The lowest BCUT2D eigenvalue weighted by Crippen LogP contribution is -2.45. The van der Waals surface area contributed by atoms with E-state index in [2.05, 4.69) is 4.74 Å². The molecule has 0 bridgehead atoms. The summed E-state index contributed by atoms with van der Waals surface area (Å²) in [6.07, 6.45) is 7.77. The largest absolute Gasteiger partial charge is 0.466 e. The van der Waals surface area contributed by atoms with E-state index >= 15 is 0 Å². The number of hydrogen-bond acceptors (Lipinski definition) is 4. The fourth-order valence-corrected chi connectivity index (χ4v) is 1.91. The van der Waals surface area contributed by atoms with Crippen molar-refractivity contribution in [2.24, 2.45) is 5.41 Å². The van der Waals surface area contributed by atoms with Crippen LogP contribution in [-0.2, 0) is 14.3 Å². The highest BCUT2D eigenvalue weighted by molar-refractivity contribution is 5.91. The molecule has 0 heterocycles. The molecule has 0 saturated heterocycles. The molecule has 0 spiro atoms. The van der Waals surface area contributed by atoms with Crippen LogP contribution in [0, 0.1) is 5.41 Å². The highest BCUT2D eigenvalue weighted by Gasteiger charge is 2.43. The maximum atomic E-state index is 11.4. The van der Waals surface area contributed by atoms with Gasteiger partial charge in [-0.25, -0.2) is 4.79 Å². The number of methoxy groups -OCH3 is 1. The van der Waals surface area contributed by atoms with Gasteiger partial charge in [0, 0.05) is 17.9 Å². The normalized spacial score (nSPS) is 26.8. The molecule has 0 radical (unpaired) electrons. The third kappa shape index (κ3) is 3.64. The lowest BCUT2D eigenvalue weighted by atomic mass is 9.68. The van der Waals surface area contributed by atoms with Crippen molar-refractivity contribution >= 4 is 11.8 Å². The van der Waals surface area contributed by atoms with Crippen LogP contribution in [0.25, 0.3) is 0 Å². The summed E-state index contributed by atoms with van der Waals surface area (Å²) >= 11 is 0. The van der Waals surface area contributed by atoms with E-state index in [-0.39, 0.29) is 12.2 Å². The van der Waals surface area contributed by atoms with Crippen molar-refractivity contribution in [2.45, 2.75) is 32.8 Å². The van der Waals surface area contributed by atoms with Gasteiger partial charge in [0.2, 0.25) is 0 Å². The molecule has 0 aromatic heterocycles. The first-order valence-corrected chi connectivity index (χ1v) is 6.10. The van der Waals surface area contributed by atoms with Gasteiger partial charge in [-0.2, -0.15) is 0 Å².